The van der Waals surface area contributed by atoms with Crippen molar-refractivity contribution in [2.75, 3.05) is 5.32 Å². The number of carboxylic acids is 1. The van der Waals surface area contributed by atoms with Crippen molar-refractivity contribution < 1.29 is 14.7 Å². The summed E-state index contributed by atoms with van der Waals surface area (Å²) in [7, 11) is 0. The Hall–Kier alpha value is -2.89. The van der Waals surface area contributed by atoms with Crippen molar-refractivity contribution in [3.05, 3.63) is 48.2 Å². The van der Waals surface area contributed by atoms with Crippen LogP contribution in [0, 0.1) is 6.92 Å². The van der Waals surface area contributed by atoms with Gasteiger partial charge in [-0.15, -0.1) is 0 Å². The third-order valence-corrected chi connectivity index (χ3v) is 3.83. The minimum atomic E-state index is -0.885. The molecule has 3 N–H and O–H groups in total. The molecule has 2 aromatic rings. The van der Waals surface area contributed by atoms with Crippen molar-refractivity contribution in [1.29, 1.82) is 0 Å². The minimum absolute atomic E-state index is 0.00356. The second-order valence-corrected chi connectivity index (χ2v) is 6.55. The Bertz CT molecular complexity index is 758. The van der Waals surface area contributed by atoms with Crippen LogP contribution in [0.5, 0.6) is 0 Å². The first kappa shape index (κ1) is 18.4. The van der Waals surface area contributed by atoms with E-state index in [1.54, 1.807) is 19.9 Å². The van der Waals surface area contributed by atoms with Crippen molar-refractivity contribution in [3.63, 3.8) is 0 Å². The van der Waals surface area contributed by atoms with Crippen LogP contribution >= 0.6 is 0 Å². The van der Waals surface area contributed by atoms with Crippen molar-refractivity contribution in [2.45, 2.75) is 39.2 Å². The Morgan fingerprint density at radius 3 is 2.40 bits per heavy atom. The second-order valence-electron chi connectivity index (χ2n) is 6.55. The summed E-state index contributed by atoms with van der Waals surface area (Å²) in [5.74, 6) is -0.437. The fourth-order valence-electron chi connectivity index (χ4n) is 2.49. The lowest BCUT2D eigenvalue weighted by atomic mass is 9.99. The maximum atomic E-state index is 12.1. The highest BCUT2D eigenvalue weighted by atomic mass is 16.4. The Morgan fingerprint density at radius 1 is 1.12 bits per heavy atom. The number of urea groups is 1. The van der Waals surface area contributed by atoms with Gasteiger partial charge in [-0.05, 0) is 44.9 Å². The fourth-order valence-corrected chi connectivity index (χ4v) is 2.49. The van der Waals surface area contributed by atoms with E-state index < -0.39 is 17.5 Å². The number of rotatable bonds is 6. The first-order valence-corrected chi connectivity index (χ1v) is 8.11. The van der Waals surface area contributed by atoms with Crippen LogP contribution in [-0.2, 0) is 4.79 Å². The maximum Gasteiger partial charge on any atom is 0.320 e. The molecule has 0 aliphatic rings. The molecule has 0 saturated heterocycles. The van der Waals surface area contributed by atoms with Gasteiger partial charge in [-0.1, -0.05) is 30.3 Å². The van der Waals surface area contributed by atoms with E-state index in [0.717, 1.165) is 16.8 Å². The molecule has 132 valence electrons. The summed E-state index contributed by atoms with van der Waals surface area (Å²) < 4.78 is 0. The van der Waals surface area contributed by atoms with Gasteiger partial charge in [-0.3, -0.25) is 10.1 Å². The Kier molecular flexibility index (Phi) is 5.75. The standard InChI is InChI=1S/C19H23N3O3/c1-13-15(14-7-5-4-6-8-14)9-10-16(20-13)21-18(25)22-19(2,3)12-11-17(23)24/h4-10H,11-12H2,1-3H3,(H,23,24)(H2,20,21,22,25). The number of aromatic nitrogens is 1. The first-order chi connectivity index (χ1) is 11.8. The third kappa shape index (κ3) is 5.60. The molecule has 6 nitrogen and oxygen atoms in total. The predicted octanol–water partition coefficient (Wildman–Crippen LogP) is 3.82. The molecule has 2 amide bonds. The Balaban J connectivity index is 2.02. The number of hydrogen-bond acceptors (Lipinski definition) is 3. The molecule has 0 radical (unpaired) electrons. The van der Waals surface area contributed by atoms with Crippen LogP contribution in [0.4, 0.5) is 10.6 Å². The number of carbonyl (C=O) groups excluding carboxylic acids is 1. The van der Waals surface area contributed by atoms with E-state index in [2.05, 4.69) is 15.6 Å². The molecule has 0 aliphatic heterocycles. The van der Waals surface area contributed by atoms with Crippen LogP contribution in [0.15, 0.2) is 42.5 Å². The summed E-state index contributed by atoms with van der Waals surface area (Å²) >= 11 is 0. The number of benzene rings is 1. The highest BCUT2D eigenvalue weighted by molar-refractivity contribution is 5.89. The van der Waals surface area contributed by atoms with Crippen LogP contribution in [-0.4, -0.2) is 27.6 Å². The van der Waals surface area contributed by atoms with Gasteiger partial charge in [0.25, 0.3) is 0 Å². The van der Waals surface area contributed by atoms with E-state index in [9.17, 15) is 9.59 Å². The lowest BCUT2D eigenvalue weighted by molar-refractivity contribution is -0.137. The molecule has 0 spiro atoms. The zero-order chi connectivity index (χ0) is 18.4. The summed E-state index contributed by atoms with van der Waals surface area (Å²) in [5, 5.41) is 14.2. The number of carbonyl (C=O) groups is 2. The van der Waals surface area contributed by atoms with Gasteiger partial charge in [0.15, 0.2) is 0 Å². The molecule has 0 bridgehead atoms. The minimum Gasteiger partial charge on any atom is -0.481 e. The molecule has 1 aromatic heterocycles. The van der Waals surface area contributed by atoms with Crippen LogP contribution in [0.25, 0.3) is 11.1 Å². The molecule has 0 unspecified atom stereocenters. The number of nitrogens with one attached hydrogen (secondary N) is 2. The van der Waals surface area contributed by atoms with Gasteiger partial charge in [-0.2, -0.15) is 0 Å². The number of hydrogen-bond donors (Lipinski definition) is 3. The molecule has 0 atom stereocenters. The van der Waals surface area contributed by atoms with Crippen LogP contribution in [0.2, 0.25) is 0 Å². The number of aryl methyl sites for hydroxylation is 1. The molecule has 1 aromatic carbocycles. The van der Waals surface area contributed by atoms with E-state index in [0.29, 0.717) is 12.2 Å². The number of aliphatic carboxylic acids is 1. The van der Waals surface area contributed by atoms with E-state index >= 15 is 0 Å². The zero-order valence-corrected chi connectivity index (χ0v) is 14.7. The van der Waals surface area contributed by atoms with Gasteiger partial charge in [0.2, 0.25) is 0 Å². The highest BCUT2D eigenvalue weighted by Gasteiger charge is 2.21. The largest absolute Gasteiger partial charge is 0.481 e. The van der Waals surface area contributed by atoms with Gasteiger partial charge in [-0.25, -0.2) is 9.78 Å². The van der Waals surface area contributed by atoms with Crippen molar-refractivity contribution in [3.8, 4) is 11.1 Å². The molecular weight excluding hydrogens is 318 g/mol. The van der Waals surface area contributed by atoms with Crippen LogP contribution in [0.3, 0.4) is 0 Å². The van der Waals surface area contributed by atoms with Crippen molar-refractivity contribution in [1.82, 2.24) is 10.3 Å². The molecule has 25 heavy (non-hydrogen) atoms. The van der Waals surface area contributed by atoms with Gasteiger partial charge in [0.1, 0.15) is 5.82 Å². The maximum absolute atomic E-state index is 12.1. The van der Waals surface area contributed by atoms with E-state index in [4.69, 9.17) is 5.11 Å². The predicted molar refractivity (Wildman–Crippen MR) is 97.5 cm³/mol. The van der Waals surface area contributed by atoms with E-state index in [-0.39, 0.29) is 6.42 Å². The van der Waals surface area contributed by atoms with Crippen LogP contribution < -0.4 is 10.6 Å². The number of amides is 2. The fraction of sp³-hybridized carbons (Fsp3) is 0.316. The van der Waals surface area contributed by atoms with Gasteiger partial charge >= 0.3 is 12.0 Å². The molecule has 2 rings (SSSR count). The summed E-state index contributed by atoms with van der Waals surface area (Å²) in [6.45, 7) is 5.46. The molecule has 0 saturated carbocycles. The van der Waals surface area contributed by atoms with Crippen LogP contribution in [0.1, 0.15) is 32.4 Å². The summed E-state index contributed by atoms with van der Waals surface area (Å²) in [5.41, 5.74) is 2.27. The first-order valence-electron chi connectivity index (χ1n) is 8.11. The average Bonchev–Trinajstić information content (AvgIpc) is 2.53. The molecule has 6 heteroatoms. The molecule has 0 aliphatic carbocycles. The van der Waals surface area contributed by atoms with Gasteiger partial charge in [0, 0.05) is 23.2 Å². The SMILES string of the molecule is Cc1nc(NC(=O)NC(C)(C)CCC(=O)O)ccc1-c1ccccc1. The molecule has 1 heterocycles. The number of anilines is 1. The second kappa shape index (κ2) is 7.79. The summed E-state index contributed by atoms with van der Waals surface area (Å²) in [4.78, 5) is 27.2. The topological polar surface area (TPSA) is 91.3 Å². The molecule has 0 fully saturated rings. The van der Waals surface area contributed by atoms with Gasteiger partial charge < -0.3 is 10.4 Å². The van der Waals surface area contributed by atoms with E-state index in [1.807, 2.05) is 43.3 Å². The zero-order valence-electron chi connectivity index (χ0n) is 14.7. The quantitative estimate of drug-likeness (QED) is 0.745. The number of carboxylic acid groups (broad SMARTS) is 1. The lowest BCUT2D eigenvalue weighted by Gasteiger charge is -2.25. The number of nitrogens with zero attached hydrogens (tertiary/aromatic N) is 1. The Morgan fingerprint density at radius 2 is 1.80 bits per heavy atom. The monoisotopic (exact) mass is 341 g/mol. The third-order valence-electron chi connectivity index (χ3n) is 3.83. The van der Waals surface area contributed by atoms with Crippen molar-refractivity contribution in [2.24, 2.45) is 0 Å². The smallest absolute Gasteiger partial charge is 0.320 e. The lowest BCUT2D eigenvalue weighted by Crippen LogP contribution is -2.45. The molecular formula is C19H23N3O3. The van der Waals surface area contributed by atoms with Crippen molar-refractivity contribution >= 4 is 17.8 Å². The highest BCUT2D eigenvalue weighted by Crippen LogP contribution is 2.23. The summed E-state index contributed by atoms with van der Waals surface area (Å²) in [6.07, 6.45) is 0.339. The normalized spacial score (nSPS) is 11.0. The van der Waals surface area contributed by atoms with E-state index in [1.165, 1.54) is 0 Å². The summed E-state index contributed by atoms with van der Waals surface area (Å²) in [6, 6.07) is 13.2. The average molecular weight is 341 g/mol. The number of pyridine rings is 1. The van der Waals surface area contributed by atoms with Gasteiger partial charge in [0.05, 0.1) is 0 Å². The Labute approximate surface area is 147 Å².